The maximum Gasteiger partial charge on any atom is 0.356 e. The summed E-state index contributed by atoms with van der Waals surface area (Å²) in [6.45, 7) is 2.73. The number of nitrogens with one attached hydrogen (secondary N) is 1. The lowest BCUT2D eigenvalue weighted by Crippen LogP contribution is -2.32. The van der Waals surface area contributed by atoms with Crippen molar-refractivity contribution >= 4 is 16.9 Å². The summed E-state index contributed by atoms with van der Waals surface area (Å²) in [6.07, 6.45) is 7.28. The van der Waals surface area contributed by atoms with Crippen LogP contribution >= 0.6 is 0 Å². The van der Waals surface area contributed by atoms with Crippen LogP contribution in [0.25, 0.3) is 10.9 Å². The third-order valence-electron chi connectivity index (χ3n) is 4.96. The number of carboxylic acids is 1. The van der Waals surface area contributed by atoms with E-state index in [1.165, 1.54) is 22.7 Å². The van der Waals surface area contributed by atoms with Gasteiger partial charge in [-0.1, -0.05) is 18.2 Å². The van der Waals surface area contributed by atoms with Crippen molar-refractivity contribution in [3.63, 3.8) is 0 Å². The van der Waals surface area contributed by atoms with Crippen molar-refractivity contribution in [2.24, 2.45) is 0 Å². The first-order valence-corrected chi connectivity index (χ1v) is 8.53. The second-order valence-corrected chi connectivity index (χ2v) is 6.54. The number of carbonyl (C=O) groups is 1. The molecule has 1 aromatic carbocycles. The highest BCUT2D eigenvalue weighted by molar-refractivity contribution is 5.84. The van der Waals surface area contributed by atoms with Crippen LogP contribution in [0.2, 0.25) is 0 Å². The number of hydrogen-bond acceptors (Lipinski definition) is 4. The number of aromatic carboxylic acids is 1. The van der Waals surface area contributed by atoms with Crippen molar-refractivity contribution in [3.05, 3.63) is 59.8 Å². The summed E-state index contributed by atoms with van der Waals surface area (Å²) in [6, 6.07) is 8.46. The van der Waals surface area contributed by atoms with Crippen LogP contribution < -0.4 is 0 Å². The molecule has 3 heterocycles. The molecule has 0 saturated carbocycles. The van der Waals surface area contributed by atoms with E-state index in [2.05, 4.69) is 50.3 Å². The molecule has 2 N–H and O–H groups in total. The molecule has 25 heavy (non-hydrogen) atoms. The van der Waals surface area contributed by atoms with E-state index in [-0.39, 0.29) is 5.69 Å². The Labute approximate surface area is 145 Å². The molecule has 0 amide bonds. The number of rotatable bonds is 4. The monoisotopic (exact) mass is 336 g/mol. The number of nitrogens with zero attached hydrogens (tertiary/aromatic N) is 3. The van der Waals surface area contributed by atoms with Crippen LogP contribution in [-0.2, 0) is 6.54 Å². The van der Waals surface area contributed by atoms with Gasteiger partial charge in [-0.25, -0.2) is 9.78 Å². The highest BCUT2D eigenvalue weighted by Gasteiger charge is 2.23. The van der Waals surface area contributed by atoms with Gasteiger partial charge in [0.15, 0.2) is 5.69 Å². The molecule has 0 spiro atoms. The van der Waals surface area contributed by atoms with E-state index in [0.29, 0.717) is 12.5 Å². The molecule has 6 nitrogen and oxygen atoms in total. The van der Waals surface area contributed by atoms with Crippen LogP contribution in [0.1, 0.15) is 40.5 Å². The van der Waals surface area contributed by atoms with Crippen molar-refractivity contribution in [2.45, 2.75) is 25.3 Å². The Balaban J connectivity index is 1.39. The van der Waals surface area contributed by atoms with Gasteiger partial charge < -0.3 is 10.1 Å². The summed E-state index contributed by atoms with van der Waals surface area (Å²) in [5.41, 5.74) is 3.42. The summed E-state index contributed by atoms with van der Waals surface area (Å²) in [5.74, 6) is -0.466. The minimum absolute atomic E-state index is 0.0122. The number of aromatic nitrogens is 3. The second kappa shape index (κ2) is 6.64. The third kappa shape index (κ3) is 3.25. The summed E-state index contributed by atoms with van der Waals surface area (Å²) in [7, 11) is 0. The van der Waals surface area contributed by atoms with Gasteiger partial charge in [0, 0.05) is 23.6 Å². The molecule has 4 rings (SSSR count). The van der Waals surface area contributed by atoms with Crippen LogP contribution in [0, 0.1) is 0 Å². The van der Waals surface area contributed by atoms with E-state index in [4.69, 9.17) is 5.11 Å². The van der Waals surface area contributed by atoms with Crippen LogP contribution in [0.5, 0.6) is 0 Å². The number of para-hydroxylation sites is 1. The molecular formula is C19H20N4O2. The Bertz CT molecular complexity index is 880. The Morgan fingerprint density at radius 1 is 1.20 bits per heavy atom. The molecule has 1 aliphatic rings. The van der Waals surface area contributed by atoms with Crippen molar-refractivity contribution in [2.75, 3.05) is 13.1 Å². The molecule has 6 heteroatoms. The predicted molar refractivity (Wildman–Crippen MR) is 94.5 cm³/mol. The fourth-order valence-electron chi connectivity index (χ4n) is 3.61. The molecule has 0 atom stereocenters. The molecule has 0 aliphatic carbocycles. The highest BCUT2D eigenvalue weighted by atomic mass is 16.4. The van der Waals surface area contributed by atoms with E-state index in [1.807, 2.05) is 0 Å². The van der Waals surface area contributed by atoms with Gasteiger partial charge >= 0.3 is 5.97 Å². The number of fused-ring (bicyclic) bond motifs is 1. The zero-order chi connectivity index (χ0) is 17.2. The van der Waals surface area contributed by atoms with E-state index in [9.17, 15) is 4.79 Å². The first-order chi connectivity index (χ1) is 12.2. The van der Waals surface area contributed by atoms with Crippen LogP contribution in [0.4, 0.5) is 0 Å². The van der Waals surface area contributed by atoms with Crippen molar-refractivity contribution < 1.29 is 9.90 Å². The Morgan fingerprint density at radius 2 is 2.00 bits per heavy atom. The number of carboxylic acid groups (broad SMARTS) is 1. The molecule has 1 aliphatic heterocycles. The smallest absolute Gasteiger partial charge is 0.356 e. The topological polar surface area (TPSA) is 82.1 Å². The molecule has 3 aromatic rings. The molecule has 2 aromatic heterocycles. The van der Waals surface area contributed by atoms with Gasteiger partial charge in [0.05, 0.1) is 18.1 Å². The molecule has 0 radical (unpaired) electrons. The Morgan fingerprint density at radius 3 is 2.72 bits per heavy atom. The quantitative estimate of drug-likeness (QED) is 0.765. The van der Waals surface area contributed by atoms with Crippen LogP contribution in [0.3, 0.4) is 0 Å². The molecule has 0 bridgehead atoms. The van der Waals surface area contributed by atoms with Gasteiger partial charge in [-0.2, -0.15) is 0 Å². The zero-order valence-electron chi connectivity index (χ0n) is 13.9. The molecule has 0 unspecified atom stereocenters. The Hall–Kier alpha value is -2.73. The third-order valence-corrected chi connectivity index (χ3v) is 4.96. The normalized spacial score (nSPS) is 16.3. The summed E-state index contributed by atoms with van der Waals surface area (Å²) < 4.78 is 0. The first-order valence-electron chi connectivity index (χ1n) is 8.53. The number of H-pyrrole nitrogens is 1. The van der Waals surface area contributed by atoms with E-state index < -0.39 is 5.97 Å². The molecular weight excluding hydrogens is 316 g/mol. The van der Waals surface area contributed by atoms with E-state index >= 15 is 0 Å². The lowest BCUT2D eigenvalue weighted by Gasteiger charge is -2.31. The predicted octanol–water partition coefficient (Wildman–Crippen LogP) is 3.04. The van der Waals surface area contributed by atoms with Crippen LogP contribution in [0.15, 0.2) is 42.9 Å². The summed E-state index contributed by atoms with van der Waals surface area (Å²) in [4.78, 5) is 24.7. The minimum Gasteiger partial charge on any atom is -0.476 e. The van der Waals surface area contributed by atoms with Gasteiger partial charge in [-0.3, -0.25) is 9.88 Å². The molecule has 1 saturated heterocycles. The number of aromatic amines is 1. The lowest BCUT2D eigenvalue weighted by molar-refractivity contribution is 0.0690. The number of likely N-dealkylation sites (tertiary alicyclic amines) is 1. The summed E-state index contributed by atoms with van der Waals surface area (Å²) >= 11 is 0. The standard InChI is InChI=1S/C19H20N4O2/c24-19(25)18-11-20-14(9-21-18)12-23-7-5-13(6-8-23)16-10-22-17-4-2-1-3-15(16)17/h1-4,9-11,13,22H,5-8,12H2,(H,24,25). The van der Waals surface area contributed by atoms with Gasteiger partial charge in [-0.05, 0) is 43.5 Å². The fraction of sp³-hybridized carbons (Fsp3) is 0.316. The van der Waals surface area contributed by atoms with Crippen LogP contribution in [-0.4, -0.2) is 44.0 Å². The van der Waals surface area contributed by atoms with Crippen molar-refractivity contribution in [3.8, 4) is 0 Å². The second-order valence-electron chi connectivity index (χ2n) is 6.54. The number of piperidine rings is 1. The first kappa shape index (κ1) is 15.8. The maximum absolute atomic E-state index is 10.8. The number of benzene rings is 1. The molecule has 1 fully saturated rings. The average Bonchev–Trinajstić information content (AvgIpc) is 3.07. The van der Waals surface area contributed by atoms with Gasteiger partial charge in [0.2, 0.25) is 0 Å². The fourth-order valence-corrected chi connectivity index (χ4v) is 3.61. The maximum atomic E-state index is 10.8. The van der Waals surface area contributed by atoms with Gasteiger partial charge in [-0.15, -0.1) is 0 Å². The van der Waals surface area contributed by atoms with Gasteiger partial charge in [0.25, 0.3) is 0 Å². The van der Waals surface area contributed by atoms with Crippen molar-refractivity contribution in [1.82, 2.24) is 19.9 Å². The molecule has 128 valence electrons. The number of hydrogen-bond donors (Lipinski definition) is 2. The SMILES string of the molecule is O=C(O)c1cnc(CN2CCC(c3c[nH]c4ccccc34)CC2)cn1. The minimum atomic E-state index is -1.04. The van der Waals surface area contributed by atoms with Gasteiger partial charge in [0.1, 0.15) is 0 Å². The van der Waals surface area contributed by atoms with Crippen molar-refractivity contribution in [1.29, 1.82) is 0 Å². The zero-order valence-corrected chi connectivity index (χ0v) is 13.9. The van der Waals surface area contributed by atoms with E-state index in [0.717, 1.165) is 31.6 Å². The lowest BCUT2D eigenvalue weighted by atomic mass is 9.89. The highest BCUT2D eigenvalue weighted by Crippen LogP contribution is 2.33. The Kier molecular flexibility index (Phi) is 4.19. The summed E-state index contributed by atoms with van der Waals surface area (Å²) in [5, 5.41) is 10.2. The largest absolute Gasteiger partial charge is 0.476 e. The average molecular weight is 336 g/mol. The van der Waals surface area contributed by atoms with E-state index in [1.54, 1.807) is 6.20 Å².